The van der Waals surface area contributed by atoms with Gasteiger partial charge < -0.3 is 14.8 Å². The number of aromatic nitrogens is 3. The Kier molecular flexibility index (Phi) is 6.91. The number of benzene rings is 2. The van der Waals surface area contributed by atoms with Crippen molar-refractivity contribution in [3.63, 3.8) is 0 Å². The molecule has 1 saturated heterocycles. The van der Waals surface area contributed by atoms with Crippen molar-refractivity contribution in [2.24, 2.45) is 0 Å². The van der Waals surface area contributed by atoms with Crippen LogP contribution in [-0.4, -0.2) is 67.0 Å². The van der Waals surface area contributed by atoms with Gasteiger partial charge >= 0.3 is 0 Å². The van der Waals surface area contributed by atoms with E-state index in [1.807, 2.05) is 0 Å². The number of carbonyl (C=O) groups excluding carboxylic acids is 1. The van der Waals surface area contributed by atoms with Crippen molar-refractivity contribution in [1.82, 2.24) is 19.3 Å². The van der Waals surface area contributed by atoms with Crippen LogP contribution in [0.15, 0.2) is 47.4 Å². The van der Waals surface area contributed by atoms with Gasteiger partial charge in [-0.2, -0.15) is 4.31 Å². The first-order valence-corrected chi connectivity index (χ1v) is 12.2. The zero-order valence-corrected chi connectivity index (χ0v) is 19.4. The number of hydrogen-bond acceptors (Lipinski definition) is 7. The lowest BCUT2D eigenvalue weighted by atomic mass is 10.0. The maximum Gasteiger partial charge on any atom is 0.243 e. The highest BCUT2D eigenvalue weighted by Gasteiger charge is 2.38. The van der Waals surface area contributed by atoms with Crippen molar-refractivity contribution in [2.45, 2.75) is 36.7 Å². The number of nitrogens with zero attached hydrogens (tertiary/aromatic N) is 4. The highest BCUT2D eigenvalue weighted by molar-refractivity contribution is 7.89. The third-order valence-electron chi connectivity index (χ3n) is 5.69. The van der Waals surface area contributed by atoms with Crippen molar-refractivity contribution < 1.29 is 22.7 Å². The second kappa shape index (κ2) is 9.86. The third-order valence-corrected chi connectivity index (χ3v) is 7.60. The number of fused-ring (bicyclic) bond motifs is 1. The van der Waals surface area contributed by atoms with Gasteiger partial charge in [0.05, 0.1) is 30.7 Å². The van der Waals surface area contributed by atoms with Gasteiger partial charge in [-0.1, -0.05) is 17.7 Å². The summed E-state index contributed by atoms with van der Waals surface area (Å²) in [5.41, 5.74) is 1.75. The summed E-state index contributed by atoms with van der Waals surface area (Å²) in [6.07, 6.45) is 1.91. The predicted octanol–water partition coefficient (Wildman–Crippen LogP) is 2.27. The summed E-state index contributed by atoms with van der Waals surface area (Å²) in [5, 5.41) is 11.0. The van der Waals surface area contributed by atoms with Crippen LogP contribution in [0.25, 0.3) is 11.0 Å². The lowest BCUT2D eigenvalue weighted by Gasteiger charge is -2.33. The molecule has 1 unspecified atom stereocenters. The quantitative estimate of drug-likeness (QED) is 0.534. The number of sulfonamides is 1. The van der Waals surface area contributed by atoms with E-state index in [1.165, 1.54) is 16.4 Å². The highest BCUT2D eigenvalue weighted by Crippen LogP contribution is 2.28. The summed E-state index contributed by atoms with van der Waals surface area (Å²) >= 11 is 0. The number of methoxy groups -OCH3 is 2. The van der Waals surface area contributed by atoms with Gasteiger partial charge in [0, 0.05) is 25.4 Å². The van der Waals surface area contributed by atoms with Gasteiger partial charge in [-0.15, -0.1) is 5.10 Å². The summed E-state index contributed by atoms with van der Waals surface area (Å²) in [6.45, 7) is 1.26. The molecule has 0 saturated carbocycles. The molecule has 1 N–H and O–H groups in total. The Morgan fingerprint density at radius 1 is 1.18 bits per heavy atom. The summed E-state index contributed by atoms with van der Waals surface area (Å²) in [6, 6.07) is 10.9. The maximum absolute atomic E-state index is 13.5. The number of amides is 1. The molecular weight excluding hydrogens is 446 g/mol. The molecule has 176 valence electrons. The molecule has 4 rings (SSSR count). The standard InChI is InChI=1S/C22H27N5O5S/c1-31-13-12-26-20-10-9-18(15-19(20)24-25-26)33(29,30)27-11-4-3-8-21(27)22(28)23-16-6-5-7-17(14-16)32-2/h5-7,9-10,14-15,21H,3-4,8,11-13H2,1-2H3,(H,23,28). The molecule has 1 aromatic heterocycles. The summed E-state index contributed by atoms with van der Waals surface area (Å²) in [5.74, 6) is 0.242. The van der Waals surface area contributed by atoms with E-state index in [4.69, 9.17) is 9.47 Å². The van der Waals surface area contributed by atoms with Gasteiger partial charge in [0.15, 0.2) is 0 Å². The molecule has 1 fully saturated rings. The Labute approximate surface area is 192 Å². The second-order valence-corrected chi connectivity index (χ2v) is 9.70. The SMILES string of the molecule is COCCn1nnc2cc(S(=O)(=O)N3CCCCC3C(=O)Nc3cccc(OC)c3)ccc21. The lowest BCUT2D eigenvalue weighted by Crippen LogP contribution is -2.49. The zero-order chi connectivity index (χ0) is 23.4. The molecular formula is C22H27N5O5S. The number of hydrogen-bond donors (Lipinski definition) is 1. The Morgan fingerprint density at radius 2 is 2.03 bits per heavy atom. The molecule has 10 nitrogen and oxygen atoms in total. The normalized spacial score (nSPS) is 17.2. The van der Waals surface area contributed by atoms with E-state index in [0.717, 1.165) is 11.9 Å². The van der Waals surface area contributed by atoms with Crippen molar-refractivity contribution in [3.8, 4) is 5.75 Å². The van der Waals surface area contributed by atoms with E-state index in [9.17, 15) is 13.2 Å². The van der Waals surface area contributed by atoms with Crippen LogP contribution >= 0.6 is 0 Å². The topological polar surface area (TPSA) is 116 Å². The predicted molar refractivity (Wildman–Crippen MR) is 123 cm³/mol. The van der Waals surface area contributed by atoms with Gasteiger partial charge in [-0.05, 0) is 43.2 Å². The molecule has 11 heteroatoms. The molecule has 0 bridgehead atoms. The number of ether oxygens (including phenoxy) is 2. The average molecular weight is 474 g/mol. The summed E-state index contributed by atoms with van der Waals surface area (Å²) in [7, 11) is -0.769. The Morgan fingerprint density at radius 3 is 2.82 bits per heavy atom. The molecule has 1 amide bonds. The smallest absolute Gasteiger partial charge is 0.243 e. The number of anilines is 1. The van der Waals surface area contributed by atoms with Crippen LogP contribution in [0.2, 0.25) is 0 Å². The van der Waals surface area contributed by atoms with Crippen LogP contribution in [0.1, 0.15) is 19.3 Å². The summed E-state index contributed by atoms with van der Waals surface area (Å²) in [4.78, 5) is 13.2. The first-order chi connectivity index (χ1) is 15.9. The monoisotopic (exact) mass is 473 g/mol. The van der Waals surface area contributed by atoms with Gasteiger partial charge in [-0.25, -0.2) is 13.1 Å². The van der Waals surface area contributed by atoms with E-state index in [0.29, 0.717) is 42.9 Å². The Hall–Kier alpha value is -3.02. The van der Waals surface area contributed by atoms with Crippen molar-refractivity contribution >= 4 is 32.7 Å². The Balaban J connectivity index is 1.59. The lowest BCUT2D eigenvalue weighted by molar-refractivity contribution is -0.120. The van der Waals surface area contributed by atoms with Crippen LogP contribution in [0.4, 0.5) is 5.69 Å². The van der Waals surface area contributed by atoms with Crippen molar-refractivity contribution in [1.29, 1.82) is 0 Å². The maximum atomic E-state index is 13.5. The van der Waals surface area contributed by atoms with Gasteiger partial charge in [0.2, 0.25) is 15.9 Å². The molecule has 0 aliphatic carbocycles. The third kappa shape index (κ3) is 4.85. The molecule has 1 atom stereocenters. The minimum Gasteiger partial charge on any atom is -0.497 e. The van der Waals surface area contributed by atoms with Crippen LogP contribution in [-0.2, 0) is 26.1 Å². The minimum absolute atomic E-state index is 0.0925. The number of carbonyl (C=O) groups is 1. The fraction of sp³-hybridized carbons (Fsp3) is 0.409. The average Bonchev–Trinajstić information content (AvgIpc) is 3.25. The molecule has 0 radical (unpaired) electrons. The van der Waals surface area contributed by atoms with E-state index < -0.39 is 16.1 Å². The molecule has 3 aromatic rings. The van der Waals surface area contributed by atoms with Crippen LogP contribution in [0, 0.1) is 0 Å². The number of piperidine rings is 1. The van der Waals surface area contributed by atoms with Crippen LogP contribution < -0.4 is 10.1 Å². The summed E-state index contributed by atoms with van der Waals surface area (Å²) < 4.78 is 40.3. The van der Waals surface area contributed by atoms with Crippen molar-refractivity contribution in [3.05, 3.63) is 42.5 Å². The van der Waals surface area contributed by atoms with Gasteiger partial charge in [0.25, 0.3) is 0 Å². The molecule has 0 spiro atoms. The van der Waals surface area contributed by atoms with Crippen LogP contribution in [0.3, 0.4) is 0 Å². The molecule has 2 aromatic carbocycles. The number of nitrogens with one attached hydrogen (secondary N) is 1. The van der Waals surface area contributed by atoms with Crippen LogP contribution in [0.5, 0.6) is 5.75 Å². The zero-order valence-electron chi connectivity index (χ0n) is 18.6. The van der Waals surface area contributed by atoms with E-state index in [1.54, 1.807) is 49.2 Å². The first-order valence-electron chi connectivity index (χ1n) is 10.7. The first kappa shape index (κ1) is 23.1. The molecule has 33 heavy (non-hydrogen) atoms. The van der Waals surface area contributed by atoms with E-state index in [2.05, 4.69) is 15.6 Å². The number of rotatable bonds is 8. The highest BCUT2D eigenvalue weighted by atomic mass is 32.2. The van der Waals surface area contributed by atoms with Gasteiger partial charge in [0.1, 0.15) is 17.3 Å². The largest absolute Gasteiger partial charge is 0.497 e. The fourth-order valence-electron chi connectivity index (χ4n) is 3.97. The van der Waals surface area contributed by atoms with Crippen molar-refractivity contribution in [2.75, 3.05) is 32.7 Å². The molecule has 1 aliphatic heterocycles. The second-order valence-electron chi connectivity index (χ2n) is 7.80. The van der Waals surface area contributed by atoms with E-state index in [-0.39, 0.29) is 17.3 Å². The van der Waals surface area contributed by atoms with E-state index >= 15 is 0 Å². The molecule has 2 heterocycles. The molecule has 1 aliphatic rings. The van der Waals surface area contributed by atoms with Gasteiger partial charge in [-0.3, -0.25) is 4.79 Å². The minimum atomic E-state index is -3.91. The Bertz CT molecular complexity index is 1240. The fourth-order valence-corrected chi connectivity index (χ4v) is 5.65.